The number of rotatable bonds is 7. The number of nitrogens with zero attached hydrogens (tertiary/aromatic N) is 3. The number of imidazole rings is 1. The van der Waals surface area contributed by atoms with Gasteiger partial charge in [-0.25, -0.2) is 4.98 Å². The zero-order valence-electron chi connectivity index (χ0n) is 14.2. The van der Waals surface area contributed by atoms with E-state index in [4.69, 9.17) is 4.74 Å². The normalized spacial score (nSPS) is 16.0. The summed E-state index contributed by atoms with van der Waals surface area (Å²) in [7, 11) is 0. The predicted octanol–water partition coefficient (Wildman–Crippen LogP) is 1.58. The Labute approximate surface area is 146 Å². The molecular formula is C17H22N6O2. The maximum Gasteiger partial charge on any atom is 0.211 e. The summed E-state index contributed by atoms with van der Waals surface area (Å²) >= 11 is 0. The van der Waals surface area contributed by atoms with Gasteiger partial charge in [0.1, 0.15) is 5.69 Å². The summed E-state index contributed by atoms with van der Waals surface area (Å²) in [4.78, 5) is 20.9. The molecule has 8 heteroatoms. The van der Waals surface area contributed by atoms with Crippen LogP contribution in [0.3, 0.4) is 0 Å². The molecule has 0 radical (unpaired) electrons. The summed E-state index contributed by atoms with van der Waals surface area (Å²) in [5.74, 6) is 0.625. The van der Waals surface area contributed by atoms with Crippen molar-refractivity contribution in [1.29, 1.82) is 0 Å². The second-order valence-electron chi connectivity index (χ2n) is 5.83. The van der Waals surface area contributed by atoms with Crippen LogP contribution in [0.2, 0.25) is 0 Å². The van der Waals surface area contributed by atoms with E-state index in [9.17, 15) is 4.79 Å². The number of hydrogen-bond acceptors (Lipinski definition) is 5. The Kier molecular flexibility index (Phi) is 5.42. The zero-order valence-corrected chi connectivity index (χ0v) is 14.2. The molecule has 3 heterocycles. The van der Waals surface area contributed by atoms with Crippen LogP contribution in [0, 0.1) is 6.92 Å². The van der Waals surface area contributed by atoms with Crippen molar-refractivity contribution < 1.29 is 9.53 Å². The minimum atomic E-state index is 0.580. The first-order chi connectivity index (χ1) is 12.2. The number of morpholine rings is 1. The van der Waals surface area contributed by atoms with Gasteiger partial charge < -0.3 is 15.0 Å². The third kappa shape index (κ3) is 4.04. The third-order valence-corrected chi connectivity index (χ3v) is 4.11. The molecule has 0 spiro atoms. The number of H-pyrrole nitrogens is 2. The third-order valence-electron chi connectivity index (χ3n) is 4.11. The molecule has 1 aliphatic rings. The van der Waals surface area contributed by atoms with Gasteiger partial charge in [0.05, 0.1) is 30.8 Å². The van der Waals surface area contributed by atoms with E-state index in [1.54, 1.807) is 6.20 Å². The molecule has 132 valence electrons. The van der Waals surface area contributed by atoms with Crippen LogP contribution in [0.1, 0.15) is 11.4 Å². The average molecular weight is 342 g/mol. The molecule has 0 bridgehead atoms. The molecule has 1 fully saturated rings. The quantitative estimate of drug-likeness (QED) is 0.524. The van der Waals surface area contributed by atoms with Gasteiger partial charge in [0, 0.05) is 25.3 Å². The molecule has 0 saturated carbocycles. The van der Waals surface area contributed by atoms with Gasteiger partial charge in [-0.05, 0) is 18.6 Å². The van der Waals surface area contributed by atoms with Crippen molar-refractivity contribution >= 4 is 18.2 Å². The minimum absolute atomic E-state index is 0.580. The number of amides is 1. The van der Waals surface area contributed by atoms with Crippen molar-refractivity contribution in [3.63, 3.8) is 0 Å². The van der Waals surface area contributed by atoms with E-state index in [-0.39, 0.29) is 0 Å². The lowest BCUT2D eigenvalue weighted by Gasteiger charge is -2.26. The highest BCUT2D eigenvalue weighted by Crippen LogP contribution is 2.24. The Bertz CT molecular complexity index is 770. The summed E-state index contributed by atoms with van der Waals surface area (Å²) in [6.07, 6.45) is 6.05. The first-order valence-corrected chi connectivity index (χ1v) is 8.15. The average Bonchev–Trinajstić information content (AvgIpc) is 3.22. The predicted molar refractivity (Wildman–Crippen MR) is 96.0 cm³/mol. The largest absolute Gasteiger partial charge is 0.379 e. The molecule has 1 aliphatic heterocycles. The van der Waals surface area contributed by atoms with E-state index < -0.39 is 0 Å². The molecule has 3 rings (SSSR count). The van der Waals surface area contributed by atoms with Crippen LogP contribution in [0.15, 0.2) is 24.4 Å². The van der Waals surface area contributed by atoms with Crippen LogP contribution < -0.4 is 5.32 Å². The number of ether oxygens (including phenoxy) is 1. The van der Waals surface area contributed by atoms with Crippen LogP contribution in [0.25, 0.3) is 17.6 Å². The summed E-state index contributed by atoms with van der Waals surface area (Å²) in [6.45, 7) is 10.1. The molecule has 0 aromatic carbocycles. The molecule has 25 heavy (non-hydrogen) atoms. The molecule has 1 amide bonds. The van der Waals surface area contributed by atoms with Crippen molar-refractivity contribution in [2.24, 2.45) is 0 Å². The minimum Gasteiger partial charge on any atom is -0.379 e. The van der Waals surface area contributed by atoms with Gasteiger partial charge in [-0.2, -0.15) is 5.10 Å². The van der Waals surface area contributed by atoms with Crippen molar-refractivity contribution in [3.8, 4) is 11.5 Å². The van der Waals surface area contributed by atoms with Gasteiger partial charge in [-0.3, -0.25) is 14.8 Å². The van der Waals surface area contributed by atoms with E-state index in [2.05, 4.69) is 37.0 Å². The van der Waals surface area contributed by atoms with E-state index in [0.717, 1.165) is 49.8 Å². The zero-order chi connectivity index (χ0) is 17.6. The SMILES string of the molecule is C=C/C(=C\c1nc(-c2[nH]ncc2NC=O)[nH]c1C)CN1CCOCC1. The van der Waals surface area contributed by atoms with E-state index in [0.29, 0.717) is 23.6 Å². The fraction of sp³-hybridized carbons (Fsp3) is 0.353. The molecule has 0 aliphatic carbocycles. The van der Waals surface area contributed by atoms with Gasteiger partial charge in [0.25, 0.3) is 0 Å². The number of aromatic amines is 2. The maximum absolute atomic E-state index is 10.7. The van der Waals surface area contributed by atoms with Crippen LogP contribution in [-0.4, -0.2) is 64.3 Å². The Balaban J connectivity index is 1.81. The Morgan fingerprint density at radius 3 is 3.00 bits per heavy atom. The van der Waals surface area contributed by atoms with E-state index in [1.807, 2.05) is 19.1 Å². The van der Waals surface area contributed by atoms with Gasteiger partial charge in [0.2, 0.25) is 6.41 Å². The van der Waals surface area contributed by atoms with Gasteiger partial charge in [-0.15, -0.1) is 0 Å². The second-order valence-corrected chi connectivity index (χ2v) is 5.83. The smallest absolute Gasteiger partial charge is 0.211 e. The molecule has 2 aromatic heterocycles. The van der Waals surface area contributed by atoms with Crippen molar-refractivity contribution in [1.82, 2.24) is 25.1 Å². The highest BCUT2D eigenvalue weighted by Gasteiger charge is 2.14. The number of aryl methyl sites for hydroxylation is 1. The van der Waals surface area contributed by atoms with Crippen molar-refractivity contribution in [3.05, 3.63) is 35.8 Å². The fourth-order valence-electron chi connectivity index (χ4n) is 2.73. The lowest BCUT2D eigenvalue weighted by molar-refractivity contribution is -0.105. The Morgan fingerprint density at radius 2 is 2.28 bits per heavy atom. The van der Waals surface area contributed by atoms with Crippen LogP contribution >= 0.6 is 0 Å². The summed E-state index contributed by atoms with van der Waals surface area (Å²) in [6, 6.07) is 0. The Morgan fingerprint density at radius 1 is 1.48 bits per heavy atom. The molecule has 1 saturated heterocycles. The number of nitrogens with one attached hydrogen (secondary N) is 3. The summed E-state index contributed by atoms with van der Waals surface area (Å²) in [5, 5.41) is 9.41. The van der Waals surface area contributed by atoms with Crippen molar-refractivity contribution in [2.45, 2.75) is 6.92 Å². The number of aromatic nitrogens is 4. The lowest BCUT2D eigenvalue weighted by atomic mass is 10.2. The van der Waals surface area contributed by atoms with Crippen molar-refractivity contribution in [2.75, 3.05) is 38.2 Å². The van der Waals surface area contributed by atoms with Gasteiger partial charge in [0.15, 0.2) is 5.82 Å². The van der Waals surface area contributed by atoms with E-state index >= 15 is 0 Å². The first kappa shape index (κ1) is 17.1. The highest BCUT2D eigenvalue weighted by molar-refractivity contribution is 5.80. The number of carbonyl (C=O) groups is 1. The lowest BCUT2D eigenvalue weighted by Crippen LogP contribution is -2.37. The number of hydrogen-bond donors (Lipinski definition) is 3. The monoisotopic (exact) mass is 342 g/mol. The molecule has 8 nitrogen and oxygen atoms in total. The van der Waals surface area contributed by atoms with Gasteiger partial charge in [-0.1, -0.05) is 12.7 Å². The van der Waals surface area contributed by atoms with E-state index in [1.165, 1.54) is 0 Å². The summed E-state index contributed by atoms with van der Waals surface area (Å²) in [5.41, 5.74) is 4.09. The Hall–Kier alpha value is -2.71. The van der Waals surface area contributed by atoms with Crippen LogP contribution in [0.5, 0.6) is 0 Å². The molecule has 2 aromatic rings. The number of anilines is 1. The van der Waals surface area contributed by atoms with Crippen LogP contribution in [-0.2, 0) is 9.53 Å². The summed E-state index contributed by atoms with van der Waals surface area (Å²) < 4.78 is 5.38. The molecule has 0 atom stereocenters. The van der Waals surface area contributed by atoms with Gasteiger partial charge >= 0.3 is 0 Å². The first-order valence-electron chi connectivity index (χ1n) is 8.15. The second kappa shape index (κ2) is 7.91. The van der Waals surface area contributed by atoms with Crippen LogP contribution in [0.4, 0.5) is 5.69 Å². The maximum atomic E-state index is 10.7. The molecule has 3 N–H and O–H groups in total. The topological polar surface area (TPSA) is 98.9 Å². The highest BCUT2D eigenvalue weighted by atomic mass is 16.5. The standard InChI is InChI=1S/C17H22N6O2/c1-3-13(10-23-4-6-25-7-5-23)8-14-12(2)20-17(21-14)16-15(18-11-24)9-19-22-16/h3,8-9,11H,1,4-7,10H2,2H3,(H,18,24)(H,19,22)(H,20,21)/b13-8+. The number of carbonyl (C=O) groups excluding carboxylic acids is 1. The molecule has 0 unspecified atom stereocenters. The fourth-order valence-corrected chi connectivity index (χ4v) is 2.73. The molecular weight excluding hydrogens is 320 g/mol.